The van der Waals surface area contributed by atoms with Crippen molar-refractivity contribution in [1.29, 1.82) is 0 Å². The molecule has 1 saturated heterocycles. The number of aliphatic imine (C=N–C) groups is 1. The van der Waals surface area contributed by atoms with E-state index in [4.69, 9.17) is 4.74 Å². The van der Waals surface area contributed by atoms with Crippen LogP contribution in [0, 0.1) is 5.92 Å². The number of hydrogen-bond donors (Lipinski definition) is 3. The minimum atomic E-state index is 0.0163. The maximum Gasteiger partial charge on any atom is 0.227 e. The van der Waals surface area contributed by atoms with Crippen LogP contribution >= 0.6 is 0 Å². The van der Waals surface area contributed by atoms with Crippen LogP contribution in [0.1, 0.15) is 38.7 Å². The molecule has 6 nitrogen and oxygen atoms in total. The number of hydrogen-bond acceptors (Lipinski definition) is 3. The highest BCUT2D eigenvalue weighted by Crippen LogP contribution is 2.13. The number of ether oxygens (including phenoxy) is 1. The predicted octanol–water partition coefficient (Wildman–Crippen LogP) is 2.52. The molecule has 2 atom stereocenters. The van der Waals surface area contributed by atoms with E-state index < -0.39 is 0 Å². The molecule has 3 N–H and O–H groups in total. The quantitative estimate of drug-likeness (QED) is 0.524. The number of rotatable bonds is 7. The van der Waals surface area contributed by atoms with Crippen molar-refractivity contribution in [2.75, 3.05) is 25.5 Å². The second-order valence-electron chi connectivity index (χ2n) is 6.44. The Kier molecular flexibility index (Phi) is 7.73. The van der Waals surface area contributed by atoms with Crippen molar-refractivity contribution < 1.29 is 9.53 Å². The zero-order valence-corrected chi connectivity index (χ0v) is 15.5. The summed E-state index contributed by atoms with van der Waals surface area (Å²) in [6.07, 6.45) is 3.34. The van der Waals surface area contributed by atoms with Crippen molar-refractivity contribution in [3.63, 3.8) is 0 Å². The molecule has 0 spiro atoms. The first-order valence-electron chi connectivity index (χ1n) is 9.08. The van der Waals surface area contributed by atoms with E-state index in [1.54, 1.807) is 7.05 Å². The lowest BCUT2D eigenvalue weighted by atomic mass is 10.1. The average Bonchev–Trinajstić information content (AvgIpc) is 3.15. The highest BCUT2D eigenvalue weighted by atomic mass is 16.5. The second kappa shape index (κ2) is 10.0. The molecule has 2 unspecified atom stereocenters. The van der Waals surface area contributed by atoms with E-state index in [0.717, 1.165) is 49.6 Å². The van der Waals surface area contributed by atoms with Gasteiger partial charge >= 0.3 is 0 Å². The molecular weight excluding hydrogens is 316 g/mol. The predicted molar refractivity (Wildman–Crippen MR) is 102 cm³/mol. The van der Waals surface area contributed by atoms with Crippen molar-refractivity contribution in [3.05, 3.63) is 29.8 Å². The van der Waals surface area contributed by atoms with Gasteiger partial charge in [0.15, 0.2) is 5.96 Å². The number of guanidine groups is 1. The van der Waals surface area contributed by atoms with Crippen molar-refractivity contribution >= 4 is 17.6 Å². The van der Waals surface area contributed by atoms with Crippen LogP contribution in [0.15, 0.2) is 29.3 Å². The molecule has 2 rings (SSSR count). The molecule has 0 aliphatic carbocycles. The minimum absolute atomic E-state index is 0.0163. The smallest absolute Gasteiger partial charge is 0.227 e. The zero-order chi connectivity index (χ0) is 18.1. The summed E-state index contributed by atoms with van der Waals surface area (Å²) < 4.78 is 5.61. The Morgan fingerprint density at radius 3 is 2.92 bits per heavy atom. The number of benzene rings is 1. The van der Waals surface area contributed by atoms with E-state index in [9.17, 15) is 4.79 Å². The van der Waals surface area contributed by atoms with Crippen molar-refractivity contribution in [3.8, 4) is 0 Å². The first-order chi connectivity index (χ1) is 12.1. The lowest BCUT2D eigenvalue weighted by molar-refractivity contribution is -0.119. The molecule has 0 radical (unpaired) electrons. The normalized spacial score (nSPS) is 18.7. The van der Waals surface area contributed by atoms with Gasteiger partial charge in [0, 0.05) is 38.3 Å². The first-order valence-corrected chi connectivity index (χ1v) is 9.08. The van der Waals surface area contributed by atoms with Gasteiger partial charge in [0.05, 0.1) is 6.10 Å². The van der Waals surface area contributed by atoms with Gasteiger partial charge in [-0.1, -0.05) is 26.0 Å². The summed E-state index contributed by atoms with van der Waals surface area (Å²) in [6.45, 7) is 6.21. The molecular formula is C19H30N4O2. The molecule has 138 valence electrons. The topological polar surface area (TPSA) is 74.8 Å². The van der Waals surface area contributed by atoms with Crippen LogP contribution in [0.5, 0.6) is 0 Å². The van der Waals surface area contributed by atoms with Crippen LogP contribution in [0.2, 0.25) is 0 Å². The highest BCUT2D eigenvalue weighted by molar-refractivity contribution is 5.92. The van der Waals surface area contributed by atoms with E-state index >= 15 is 0 Å². The minimum Gasteiger partial charge on any atom is -0.376 e. The van der Waals surface area contributed by atoms with Crippen molar-refractivity contribution in [2.24, 2.45) is 10.9 Å². The molecule has 1 aromatic carbocycles. The first kappa shape index (κ1) is 19.2. The summed E-state index contributed by atoms with van der Waals surface area (Å²) in [4.78, 5) is 16.2. The summed E-state index contributed by atoms with van der Waals surface area (Å²) in [7, 11) is 1.76. The molecule has 1 aromatic rings. The fourth-order valence-corrected chi connectivity index (χ4v) is 2.63. The Morgan fingerprint density at radius 1 is 1.40 bits per heavy atom. The molecule has 0 bridgehead atoms. The van der Waals surface area contributed by atoms with E-state index in [0.29, 0.717) is 6.54 Å². The fraction of sp³-hybridized carbons (Fsp3) is 0.579. The van der Waals surface area contributed by atoms with E-state index in [1.165, 1.54) is 0 Å². The number of nitrogens with one attached hydrogen (secondary N) is 3. The number of carbonyl (C=O) groups is 1. The van der Waals surface area contributed by atoms with Crippen LogP contribution < -0.4 is 16.0 Å². The molecule has 0 aromatic heterocycles. The van der Waals surface area contributed by atoms with Gasteiger partial charge in [-0.05, 0) is 37.0 Å². The summed E-state index contributed by atoms with van der Waals surface area (Å²) >= 11 is 0. The Morgan fingerprint density at radius 2 is 2.24 bits per heavy atom. The van der Waals surface area contributed by atoms with Crippen LogP contribution in [0.3, 0.4) is 0 Å². The number of carbonyl (C=O) groups excluding carboxylic acids is 1. The standard InChI is InChI=1S/C19H30N4O2/c1-4-14(2)18(24)23-16-8-5-7-15(11-16)12-21-19(20-3)22-13-17-9-6-10-25-17/h5,7-8,11,14,17H,4,6,9-10,12-13H2,1-3H3,(H,23,24)(H2,20,21,22). The van der Waals surface area contributed by atoms with Crippen LogP contribution in [0.4, 0.5) is 5.69 Å². The van der Waals surface area contributed by atoms with Crippen LogP contribution in [-0.4, -0.2) is 38.2 Å². The van der Waals surface area contributed by atoms with Gasteiger partial charge in [-0.3, -0.25) is 9.79 Å². The molecule has 1 aliphatic rings. The van der Waals surface area contributed by atoms with Crippen molar-refractivity contribution in [1.82, 2.24) is 10.6 Å². The lowest BCUT2D eigenvalue weighted by Gasteiger charge is -2.15. The van der Waals surface area contributed by atoms with Gasteiger partial charge in [-0.25, -0.2) is 0 Å². The summed E-state index contributed by atoms with van der Waals surface area (Å²) in [5.41, 5.74) is 1.91. The maximum atomic E-state index is 12.0. The van der Waals surface area contributed by atoms with Gasteiger partial charge in [-0.15, -0.1) is 0 Å². The van der Waals surface area contributed by atoms with E-state index in [-0.39, 0.29) is 17.9 Å². The average molecular weight is 346 g/mol. The van der Waals surface area contributed by atoms with E-state index in [2.05, 4.69) is 20.9 Å². The lowest BCUT2D eigenvalue weighted by Crippen LogP contribution is -2.40. The largest absolute Gasteiger partial charge is 0.376 e. The summed E-state index contributed by atoms with van der Waals surface area (Å²) in [5, 5.41) is 9.56. The molecule has 1 heterocycles. The Balaban J connectivity index is 1.82. The molecule has 1 fully saturated rings. The summed E-state index contributed by atoms with van der Waals surface area (Å²) in [5.74, 6) is 0.828. The third kappa shape index (κ3) is 6.38. The van der Waals surface area contributed by atoms with Gasteiger partial charge < -0.3 is 20.7 Å². The van der Waals surface area contributed by atoms with Gasteiger partial charge in [0.1, 0.15) is 0 Å². The molecule has 1 aliphatic heterocycles. The molecule has 25 heavy (non-hydrogen) atoms. The third-order valence-electron chi connectivity index (χ3n) is 4.46. The molecule has 0 saturated carbocycles. The van der Waals surface area contributed by atoms with Crippen LogP contribution in [0.25, 0.3) is 0 Å². The second-order valence-corrected chi connectivity index (χ2v) is 6.44. The van der Waals surface area contributed by atoms with Gasteiger partial charge in [0.25, 0.3) is 0 Å². The third-order valence-corrected chi connectivity index (χ3v) is 4.46. The fourth-order valence-electron chi connectivity index (χ4n) is 2.63. The summed E-state index contributed by atoms with van der Waals surface area (Å²) in [6, 6.07) is 7.87. The Bertz CT molecular complexity index is 583. The monoisotopic (exact) mass is 346 g/mol. The molecule has 6 heteroatoms. The number of nitrogens with zero attached hydrogens (tertiary/aromatic N) is 1. The maximum absolute atomic E-state index is 12.0. The zero-order valence-electron chi connectivity index (χ0n) is 15.5. The van der Waals surface area contributed by atoms with Crippen molar-refractivity contribution in [2.45, 2.75) is 45.8 Å². The number of anilines is 1. The van der Waals surface area contributed by atoms with Crippen LogP contribution in [-0.2, 0) is 16.1 Å². The molecule has 1 amide bonds. The Labute approximate surface area is 150 Å². The Hall–Kier alpha value is -2.08. The highest BCUT2D eigenvalue weighted by Gasteiger charge is 2.15. The number of amides is 1. The van der Waals surface area contributed by atoms with E-state index in [1.807, 2.05) is 38.1 Å². The SMILES string of the molecule is CCC(C)C(=O)Nc1cccc(CNC(=NC)NCC2CCCO2)c1. The van der Waals surface area contributed by atoms with Gasteiger partial charge in [0.2, 0.25) is 5.91 Å². The van der Waals surface area contributed by atoms with Gasteiger partial charge in [-0.2, -0.15) is 0 Å².